The van der Waals surface area contributed by atoms with E-state index in [9.17, 15) is 9.66 Å². The summed E-state index contributed by atoms with van der Waals surface area (Å²) in [4.78, 5) is 6.69. The molecule has 1 aliphatic rings. The molecular formula is C21H27Cl2N3O2S. The molecule has 2 N–H and O–H groups in total. The van der Waals surface area contributed by atoms with Gasteiger partial charge < -0.3 is 14.6 Å². The van der Waals surface area contributed by atoms with Gasteiger partial charge in [-0.25, -0.2) is 4.98 Å². The fourth-order valence-electron chi connectivity index (χ4n) is 3.51. The molecule has 1 fully saturated rings. The molecule has 0 aliphatic carbocycles. The highest BCUT2D eigenvalue weighted by atomic mass is 35.5. The van der Waals surface area contributed by atoms with Crippen molar-refractivity contribution in [3.63, 3.8) is 0 Å². The van der Waals surface area contributed by atoms with Crippen LogP contribution < -0.4 is 9.62 Å². The summed E-state index contributed by atoms with van der Waals surface area (Å²) in [7, 11) is 0. The number of nitrogens with zero attached hydrogens (tertiary/aromatic N) is 2. The van der Waals surface area contributed by atoms with Crippen LogP contribution in [-0.2, 0) is 11.4 Å². The molecule has 0 spiro atoms. The second-order valence-corrected chi connectivity index (χ2v) is 11.1. The number of aromatic hydroxyl groups is 1. The molecule has 0 amide bonds. The van der Waals surface area contributed by atoms with E-state index in [1.54, 1.807) is 12.3 Å². The fourth-order valence-corrected chi connectivity index (χ4v) is 4.74. The summed E-state index contributed by atoms with van der Waals surface area (Å²) in [6, 6.07) is 8.74. The van der Waals surface area contributed by atoms with Crippen molar-refractivity contribution in [2.24, 2.45) is 5.92 Å². The third kappa shape index (κ3) is 5.50. The van der Waals surface area contributed by atoms with Gasteiger partial charge in [-0.2, -0.15) is 0 Å². The Morgan fingerprint density at radius 3 is 2.45 bits per heavy atom. The first-order valence-electron chi connectivity index (χ1n) is 9.68. The molecule has 2 atom stereocenters. The van der Waals surface area contributed by atoms with Crippen molar-refractivity contribution < 1.29 is 9.66 Å². The van der Waals surface area contributed by atoms with Crippen LogP contribution in [0.15, 0.2) is 36.5 Å². The van der Waals surface area contributed by atoms with E-state index in [0.717, 1.165) is 31.7 Å². The maximum atomic E-state index is 12.9. The van der Waals surface area contributed by atoms with Crippen LogP contribution in [0.4, 0.5) is 5.82 Å². The third-order valence-electron chi connectivity index (χ3n) is 5.18. The molecule has 29 heavy (non-hydrogen) atoms. The van der Waals surface area contributed by atoms with Crippen molar-refractivity contribution in [2.45, 2.75) is 44.4 Å². The minimum atomic E-state index is -1.30. The van der Waals surface area contributed by atoms with Gasteiger partial charge >= 0.3 is 0 Å². The maximum absolute atomic E-state index is 12.9. The highest BCUT2D eigenvalue weighted by Crippen LogP contribution is 2.40. The summed E-state index contributed by atoms with van der Waals surface area (Å²) >= 11 is 11.0. The van der Waals surface area contributed by atoms with Gasteiger partial charge in [-0.15, -0.1) is 4.72 Å². The highest BCUT2D eigenvalue weighted by Gasteiger charge is 2.36. The number of halogens is 2. The molecule has 1 aromatic heterocycles. The Hall–Kier alpha value is -1.18. The quantitative estimate of drug-likeness (QED) is 0.613. The van der Waals surface area contributed by atoms with E-state index in [0.29, 0.717) is 15.6 Å². The number of pyridine rings is 1. The number of hydrogen-bond acceptors (Lipinski definition) is 5. The summed E-state index contributed by atoms with van der Waals surface area (Å²) in [6.45, 7) is 7.44. The second-order valence-electron chi connectivity index (χ2n) is 8.31. The lowest BCUT2D eigenvalue weighted by Gasteiger charge is -2.38. The van der Waals surface area contributed by atoms with Crippen LogP contribution >= 0.6 is 23.2 Å². The summed E-state index contributed by atoms with van der Waals surface area (Å²) in [5.41, 5.74) is 0.633. The normalized spacial score (nSPS) is 17.9. The number of anilines is 1. The van der Waals surface area contributed by atoms with Gasteiger partial charge in [0.1, 0.15) is 16.3 Å². The topological polar surface area (TPSA) is 71.4 Å². The van der Waals surface area contributed by atoms with Crippen LogP contribution in [0.5, 0.6) is 5.75 Å². The Balaban J connectivity index is 1.83. The highest BCUT2D eigenvalue weighted by molar-refractivity contribution is 7.90. The zero-order valence-corrected chi connectivity index (χ0v) is 19.2. The summed E-state index contributed by atoms with van der Waals surface area (Å²) in [5, 5.41) is 11.2. The zero-order chi connectivity index (χ0) is 21.2. The van der Waals surface area contributed by atoms with Crippen LogP contribution in [0.3, 0.4) is 0 Å². The Bertz CT molecular complexity index is 825. The smallest absolute Gasteiger partial charge is 0.136 e. The van der Waals surface area contributed by atoms with E-state index in [-0.39, 0.29) is 17.7 Å². The molecule has 0 bridgehead atoms. The van der Waals surface area contributed by atoms with Crippen molar-refractivity contribution in [3.8, 4) is 5.75 Å². The monoisotopic (exact) mass is 455 g/mol. The first-order valence-corrected chi connectivity index (χ1v) is 11.6. The SMILES string of the molecule is CC(C)(C)[S+]([O-])NC(c1cc(Cl)c(Cl)cc1O)C1CCN(c2ccccn2)CC1. The van der Waals surface area contributed by atoms with Crippen molar-refractivity contribution >= 4 is 40.4 Å². The lowest BCUT2D eigenvalue weighted by atomic mass is 9.85. The average molecular weight is 456 g/mol. The van der Waals surface area contributed by atoms with Crippen molar-refractivity contribution in [3.05, 3.63) is 52.1 Å². The first-order chi connectivity index (χ1) is 13.7. The molecule has 2 aromatic rings. The number of nitrogens with one attached hydrogen (secondary N) is 1. The summed E-state index contributed by atoms with van der Waals surface area (Å²) in [6.07, 6.45) is 3.54. The number of aromatic nitrogens is 1. The molecule has 1 aliphatic heterocycles. The molecule has 5 nitrogen and oxygen atoms in total. The predicted molar refractivity (Wildman–Crippen MR) is 121 cm³/mol. The molecule has 1 aromatic carbocycles. The van der Waals surface area contributed by atoms with Gasteiger partial charge in [-0.05, 0) is 57.7 Å². The maximum Gasteiger partial charge on any atom is 0.136 e. The van der Waals surface area contributed by atoms with Crippen molar-refractivity contribution in [2.75, 3.05) is 18.0 Å². The summed E-state index contributed by atoms with van der Waals surface area (Å²) in [5.74, 6) is 1.21. The van der Waals surface area contributed by atoms with Gasteiger partial charge in [-0.3, -0.25) is 0 Å². The Kier molecular flexibility index (Phi) is 7.23. The van der Waals surface area contributed by atoms with Gasteiger partial charge in [0.05, 0.1) is 16.1 Å². The molecule has 0 saturated carbocycles. The van der Waals surface area contributed by atoms with Gasteiger partial charge in [0.2, 0.25) is 0 Å². The zero-order valence-electron chi connectivity index (χ0n) is 16.9. The molecule has 0 radical (unpaired) electrons. The van der Waals surface area contributed by atoms with E-state index >= 15 is 0 Å². The Morgan fingerprint density at radius 1 is 1.21 bits per heavy atom. The number of phenolic OH excluding ortho intramolecular Hbond substituents is 1. The lowest BCUT2D eigenvalue weighted by molar-refractivity contribution is 0.317. The number of hydrogen-bond donors (Lipinski definition) is 2. The van der Waals surface area contributed by atoms with Crippen molar-refractivity contribution in [1.82, 2.24) is 9.71 Å². The average Bonchev–Trinajstić information content (AvgIpc) is 2.69. The van der Waals surface area contributed by atoms with Crippen LogP contribution in [0.1, 0.15) is 45.2 Å². The van der Waals surface area contributed by atoms with Crippen LogP contribution in [0, 0.1) is 5.92 Å². The minimum Gasteiger partial charge on any atom is -0.598 e. The standard InChI is InChI=1S/C21H27Cl2N3O2S/c1-21(2,3)29(28)25-20(15-12-16(22)17(23)13-18(15)27)14-7-10-26(11-8-14)19-6-4-5-9-24-19/h4-6,9,12-14,20,25,27H,7-8,10-11H2,1-3H3. The lowest BCUT2D eigenvalue weighted by Crippen LogP contribution is -2.45. The number of benzene rings is 1. The second kappa shape index (κ2) is 9.31. The van der Waals surface area contributed by atoms with Gasteiger partial charge in [0.25, 0.3) is 0 Å². The van der Waals surface area contributed by atoms with E-state index < -0.39 is 16.1 Å². The molecule has 158 valence electrons. The van der Waals surface area contributed by atoms with E-state index in [2.05, 4.69) is 14.6 Å². The fraction of sp³-hybridized carbons (Fsp3) is 0.476. The van der Waals surface area contributed by atoms with Crippen LogP contribution in [-0.4, -0.2) is 32.5 Å². The minimum absolute atomic E-state index is 0.0648. The van der Waals surface area contributed by atoms with Crippen LogP contribution in [0.25, 0.3) is 0 Å². The predicted octanol–water partition coefficient (Wildman–Crippen LogP) is 5.10. The number of phenols is 1. The molecule has 1 saturated heterocycles. The van der Waals surface area contributed by atoms with Gasteiger partial charge in [0, 0.05) is 42.3 Å². The first kappa shape index (κ1) is 22.5. The molecule has 8 heteroatoms. The number of piperidine rings is 1. The Labute approximate surface area is 185 Å². The van der Waals surface area contributed by atoms with Gasteiger partial charge in [-0.1, -0.05) is 29.3 Å². The van der Waals surface area contributed by atoms with Gasteiger partial charge in [0.15, 0.2) is 0 Å². The number of rotatable bonds is 5. The van der Waals surface area contributed by atoms with E-state index in [4.69, 9.17) is 23.2 Å². The molecular weight excluding hydrogens is 429 g/mol. The van der Waals surface area contributed by atoms with E-state index in [1.807, 2.05) is 39.0 Å². The molecule has 2 heterocycles. The summed E-state index contributed by atoms with van der Waals surface area (Å²) < 4.78 is 15.7. The molecule has 2 unspecified atom stereocenters. The largest absolute Gasteiger partial charge is 0.598 e. The third-order valence-corrected chi connectivity index (χ3v) is 7.48. The van der Waals surface area contributed by atoms with Crippen molar-refractivity contribution in [1.29, 1.82) is 0 Å². The van der Waals surface area contributed by atoms with E-state index in [1.165, 1.54) is 6.07 Å². The Morgan fingerprint density at radius 2 is 1.86 bits per heavy atom. The molecule has 3 rings (SSSR count). The van der Waals surface area contributed by atoms with Crippen LogP contribution in [0.2, 0.25) is 10.0 Å².